The summed E-state index contributed by atoms with van der Waals surface area (Å²) in [6.07, 6.45) is 8.70. The van der Waals surface area contributed by atoms with Gasteiger partial charge in [0, 0.05) is 30.0 Å². The molecule has 0 amide bonds. The minimum Gasteiger partial charge on any atom is -0.343 e. The third-order valence-corrected chi connectivity index (χ3v) is 4.98. The van der Waals surface area contributed by atoms with Gasteiger partial charge >= 0.3 is 0 Å². The predicted molar refractivity (Wildman–Crippen MR) is 117 cm³/mol. The molecule has 0 radical (unpaired) electrons. The molecule has 27 heavy (non-hydrogen) atoms. The average Bonchev–Trinajstić information content (AvgIpc) is 3.26. The molecule has 0 spiro atoms. The molecule has 0 fully saturated rings. The van der Waals surface area contributed by atoms with Crippen molar-refractivity contribution in [2.75, 3.05) is 0 Å². The minimum atomic E-state index is 0.817. The van der Waals surface area contributed by atoms with E-state index in [1.54, 1.807) is 29.9 Å². The summed E-state index contributed by atoms with van der Waals surface area (Å²) in [7, 11) is 0. The van der Waals surface area contributed by atoms with Crippen molar-refractivity contribution < 1.29 is 0 Å². The van der Waals surface area contributed by atoms with E-state index in [1.807, 2.05) is 0 Å². The molecular weight excluding hydrogens is 352 g/mol. The molecule has 0 atom stereocenters. The van der Waals surface area contributed by atoms with Crippen LogP contribution in [-0.2, 0) is 6.54 Å². The van der Waals surface area contributed by atoms with Gasteiger partial charge in [-0.3, -0.25) is 9.97 Å². The summed E-state index contributed by atoms with van der Waals surface area (Å²) < 4.78 is 2.36. The van der Waals surface area contributed by atoms with Crippen LogP contribution in [0.1, 0.15) is 58.2 Å². The summed E-state index contributed by atoms with van der Waals surface area (Å²) in [6.45, 7) is 15.8. The van der Waals surface area contributed by atoms with E-state index in [1.165, 1.54) is 24.1 Å². The Balaban J connectivity index is 0.000000817. The summed E-state index contributed by atoms with van der Waals surface area (Å²) in [4.78, 5) is 13.3. The fourth-order valence-corrected chi connectivity index (χ4v) is 3.59. The van der Waals surface area contributed by atoms with Crippen molar-refractivity contribution in [3.8, 4) is 22.1 Å². The van der Waals surface area contributed by atoms with Gasteiger partial charge in [-0.25, -0.2) is 4.98 Å². The second-order valence-corrected chi connectivity index (χ2v) is 7.51. The highest BCUT2D eigenvalue weighted by atomic mass is 32.1. The molecule has 0 saturated heterocycles. The molecule has 3 rings (SSSR count). The second kappa shape index (κ2) is 10.2. The largest absolute Gasteiger partial charge is 0.343 e. The van der Waals surface area contributed by atoms with E-state index in [9.17, 15) is 0 Å². The van der Waals surface area contributed by atoms with Gasteiger partial charge in [-0.05, 0) is 37.5 Å². The monoisotopic (exact) mass is 382 g/mol. The highest BCUT2D eigenvalue weighted by Gasteiger charge is 2.16. The Hall–Kier alpha value is -2.27. The normalized spacial score (nSPS) is 10.4. The number of hydrogen-bond acceptors (Lipinski definition) is 4. The van der Waals surface area contributed by atoms with Crippen LogP contribution in [0.2, 0.25) is 0 Å². The SMILES string of the molecule is C=C(C)c1cc(-c2csc(-c3cnccn3)n2)n(CCCC)c1C.CCC. The molecule has 3 heterocycles. The average molecular weight is 383 g/mol. The Morgan fingerprint density at radius 3 is 2.52 bits per heavy atom. The lowest BCUT2D eigenvalue weighted by atomic mass is 10.1. The van der Waals surface area contributed by atoms with Gasteiger partial charge in [0.1, 0.15) is 10.7 Å². The first-order valence-electron chi connectivity index (χ1n) is 9.61. The number of allylic oxidation sites excluding steroid dienone is 1. The number of hydrogen-bond donors (Lipinski definition) is 0. The molecule has 144 valence electrons. The van der Waals surface area contributed by atoms with Crippen molar-refractivity contribution in [3.63, 3.8) is 0 Å². The third-order valence-electron chi connectivity index (χ3n) is 4.11. The molecular formula is C22H30N4S. The molecule has 0 aliphatic rings. The first-order chi connectivity index (χ1) is 13.0. The summed E-state index contributed by atoms with van der Waals surface area (Å²) in [5.41, 5.74) is 6.54. The Kier molecular flexibility index (Phi) is 7.92. The highest BCUT2D eigenvalue weighted by molar-refractivity contribution is 7.13. The van der Waals surface area contributed by atoms with E-state index >= 15 is 0 Å². The van der Waals surface area contributed by atoms with Crippen molar-refractivity contribution >= 4 is 16.9 Å². The van der Waals surface area contributed by atoms with Crippen molar-refractivity contribution in [1.29, 1.82) is 0 Å². The highest BCUT2D eigenvalue weighted by Crippen LogP contribution is 2.32. The maximum atomic E-state index is 4.80. The Morgan fingerprint density at radius 2 is 1.93 bits per heavy atom. The van der Waals surface area contributed by atoms with Crippen LogP contribution in [0.3, 0.4) is 0 Å². The summed E-state index contributed by atoms with van der Waals surface area (Å²) in [5, 5.41) is 3.00. The molecule has 4 nitrogen and oxygen atoms in total. The third kappa shape index (κ3) is 5.13. The maximum Gasteiger partial charge on any atom is 0.144 e. The number of aromatic nitrogens is 4. The summed E-state index contributed by atoms with van der Waals surface area (Å²) in [6, 6.07) is 2.21. The van der Waals surface area contributed by atoms with Gasteiger partial charge in [-0.15, -0.1) is 11.3 Å². The van der Waals surface area contributed by atoms with Crippen LogP contribution in [-0.4, -0.2) is 19.5 Å². The Bertz CT molecular complexity index is 862. The van der Waals surface area contributed by atoms with Crippen molar-refractivity contribution in [2.45, 2.75) is 60.4 Å². The lowest BCUT2D eigenvalue weighted by Gasteiger charge is -2.10. The summed E-state index contributed by atoms with van der Waals surface area (Å²) >= 11 is 1.60. The molecule has 0 bridgehead atoms. The van der Waals surface area contributed by atoms with Crippen molar-refractivity contribution in [1.82, 2.24) is 19.5 Å². The molecule has 0 unspecified atom stereocenters. The van der Waals surface area contributed by atoms with Gasteiger partial charge in [0.25, 0.3) is 0 Å². The van der Waals surface area contributed by atoms with Crippen LogP contribution < -0.4 is 0 Å². The molecule has 0 saturated carbocycles. The van der Waals surface area contributed by atoms with Crippen LogP contribution in [0.4, 0.5) is 0 Å². The molecule has 0 aliphatic heterocycles. The topological polar surface area (TPSA) is 43.6 Å². The molecule has 5 heteroatoms. The first-order valence-corrected chi connectivity index (χ1v) is 10.5. The fraction of sp³-hybridized carbons (Fsp3) is 0.409. The van der Waals surface area contributed by atoms with E-state index in [2.05, 4.69) is 67.2 Å². The van der Waals surface area contributed by atoms with Crippen LogP contribution in [0.25, 0.3) is 27.7 Å². The van der Waals surface area contributed by atoms with Gasteiger partial charge in [0.15, 0.2) is 0 Å². The van der Waals surface area contributed by atoms with Crippen molar-refractivity contribution in [3.05, 3.63) is 47.9 Å². The minimum absolute atomic E-state index is 0.817. The quantitative estimate of drug-likeness (QED) is 0.481. The Morgan fingerprint density at radius 1 is 1.19 bits per heavy atom. The van der Waals surface area contributed by atoms with E-state index in [4.69, 9.17) is 4.98 Å². The molecule has 3 aromatic rings. The zero-order valence-corrected chi connectivity index (χ0v) is 17.9. The Labute approximate surface area is 167 Å². The van der Waals surface area contributed by atoms with Gasteiger partial charge in [0.2, 0.25) is 0 Å². The lowest BCUT2D eigenvalue weighted by molar-refractivity contribution is 0.626. The lowest BCUT2D eigenvalue weighted by Crippen LogP contribution is -2.02. The molecule has 3 aromatic heterocycles. The van der Waals surface area contributed by atoms with E-state index in [0.717, 1.165) is 40.6 Å². The first kappa shape index (κ1) is 21.0. The number of thiazole rings is 1. The molecule has 0 N–H and O–H groups in total. The van der Waals surface area contributed by atoms with Crippen LogP contribution in [0.5, 0.6) is 0 Å². The molecule has 0 aromatic carbocycles. The second-order valence-electron chi connectivity index (χ2n) is 6.65. The van der Waals surface area contributed by atoms with Gasteiger partial charge in [-0.1, -0.05) is 40.2 Å². The van der Waals surface area contributed by atoms with E-state index in [-0.39, 0.29) is 0 Å². The van der Waals surface area contributed by atoms with E-state index < -0.39 is 0 Å². The number of rotatable bonds is 6. The maximum absolute atomic E-state index is 4.80. The smallest absolute Gasteiger partial charge is 0.144 e. The van der Waals surface area contributed by atoms with Gasteiger partial charge in [0.05, 0.1) is 17.6 Å². The summed E-state index contributed by atoms with van der Waals surface area (Å²) in [5.74, 6) is 0. The van der Waals surface area contributed by atoms with Gasteiger partial charge < -0.3 is 4.57 Å². The molecule has 0 aliphatic carbocycles. The standard InChI is InChI=1S/C19H22N4S.C3H8/c1-5-6-9-23-14(4)15(13(2)3)10-18(23)17-12-24-19(22-17)16-11-20-7-8-21-16;1-3-2/h7-8,10-12H,2,5-6,9H2,1,3-4H3;3H2,1-2H3. The van der Waals surface area contributed by atoms with E-state index in [0.29, 0.717) is 0 Å². The zero-order chi connectivity index (χ0) is 19.8. The van der Waals surface area contributed by atoms with Gasteiger partial charge in [-0.2, -0.15) is 0 Å². The predicted octanol–water partition coefficient (Wildman–Crippen LogP) is 6.63. The zero-order valence-electron chi connectivity index (χ0n) is 17.1. The fourth-order valence-electron chi connectivity index (χ4n) is 2.81. The van der Waals surface area contributed by atoms with Crippen LogP contribution in [0.15, 0.2) is 36.6 Å². The van der Waals surface area contributed by atoms with Crippen LogP contribution >= 0.6 is 11.3 Å². The van der Waals surface area contributed by atoms with Crippen LogP contribution in [0, 0.1) is 6.92 Å². The van der Waals surface area contributed by atoms with Crippen molar-refractivity contribution in [2.24, 2.45) is 0 Å². The number of nitrogens with zero attached hydrogens (tertiary/aromatic N) is 4. The number of unbranched alkanes of at least 4 members (excludes halogenated alkanes) is 1.